The molecule has 2 aromatic heterocycles. The monoisotopic (exact) mass is 297 g/mol. The molecule has 1 amide bonds. The Morgan fingerprint density at radius 3 is 2.86 bits per heavy atom. The topological polar surface area (TPSA) is 90.3 Å². The third-order valence-electron chi connectivity index (χ3n) is 3.50. The molecule has 0 fully saturated rings. The van der Waals surface area contributed by atoms with E-state index < -0.39 is 5.91 Å². The Labute approximate surface area is 126 Å². The molecule has 3 aromatic rings. The quantitative estimate of drug-likeness (QED) is 0.719. The predicted molar refractivity (Wildman–Crippen MR) is 83.5 cm³/mol. The number of nitrogens with zero attached hydrogens (tertiary/aromatic N) is 1. The van der Waals surface area contributed by atoms with Crippen molar-refractivity contribution in [1.82, 2.24) is 9.88 Å². The summed E-state index contributed by atoms with van der Waals surface area (Å²) in [5.41, 5.74) is 6.62. The minimum atomic E-state index is -0.456. The van der Waals surface area contributed by atoms with E-state index in [1.54, 1.807) is 41.9 Å². The number of carbonyl (C=O) groups excluding carboxylic acids is 1. The van der Waals surface area contributed by atoms with E-state index in [1.165, 1.54) is 12.5 Å². The fourth-order valence-electron chi connectivity index (χ4n) is 2.39. The standard InChI is InChI=1S/C16H15N3O3/c1-19-9-11(16(21)18-8-10-4-3-7-22-10)15(20)14-12(17)5-2-6-13(14)19/h2-7,9H,8,17H2,1H3,(H,18,21). The normalized spacial score (nSPS) is 10.8. The van der Waals surface area contributed by atoms with E-state index in [2.05, 4.69) is 5.32 Å². The molecule has 0 aliphatic carbocycles. The van der Waals surface area contributed by atoms with Crippen molar-refractivity contribution in [3.05, 3.63) is 64.3 Å². The molecule has 3 N–H and O–H groups in total. The number of aromatic nitrogens is 1. The second-order valence-corrected chi connectivity index (χ2v) is 4.99. The van der Waals surface area contributed by atoms with Gasteiger partial charge in [0.15, 0.2) is 0 Å². The summed E-state index contributed by atoms with van der Waals surface area (Å²) in [5, 5.41) is 3.02. The van der Waals surface area contributed by atoms with Gasteiger partial charge in [-0.3, -0.25) is 9.59 Å². The van der Waals surface area contributed by atoms with Crippen LogP contribution in [0.25, 0.3) is 10.9 Å². The zero-order valence-electron chi connectivity index (χ0n) is 12.0. The number of nitrogens with one attached hydrogen (secondary N) is 1. The molecule has 3 rings (SSSR count). The highest BCUT2D eigenvalue weighted by molar-refractivity contribution is 6.00. The molecule has 6 nitrogen and oxygen atoms in total. The molecule has 0 saturated carbocycles. The predicted octanol–water partition coefficient (Wildman–Crippen LogP) is 1.64. The van der Waals surface area contributed by atoms with Gasteiger partial charge in [0.1, 0.15) is 11.3 Å². The minimum absolute atomic E-state index is 0.0551. The Bertz CT molecular complexity index is 895. The van der Waals surface area contributed by atoms with Gasteiger partial charge in [-0.1, -0.05) is 6.07 Å². The van der Waals surface area contributed by atoms with Crippen molar-refractivity contribution in [3.63, 3.8) is 0 Å². The summed E-state index contributed by atoms with van der Waals surface area (Å²) in [6.07, 6.45) is 3.04. The van der Waals surface area contributed by atoms with Crippen LogP contribution in [0.4, 0.5) is 5.69 Å². The number of hydrogen-bond acceptors (Lipinski definition) is 4. The first-order valence-electron chi connectivity index (χ1n) is 6.76. The molecule has 0 bridgehead atoms. The lowest BCUT2D eigenvalue weighted by atomic mass is 10.1. The van der Waals surface area contributed by atoms with Crippen LogP contribution in [0.3, 0.4) is 0 Å². The van der Waals surface area contributed by atoms with E-state index >= 15 is 0 Å². The smallest absolute Gasteiger partial charge is 0.257 e. The van der Waals surface area contributed by atoms with Gasteiger partial charge in [-0.05, 0) is 24.3 Å². The molecular formula is C16H15N3O3. The van der Waals surface area contributed by atoms with Crippen LogP contribution in [-0.4, -0.2) is 10.5 Å². The van der Waals surface area contributed by atoms with Gasteiger partial charge in [-0.2, -0.15) is 0 Å². The Hall–Kier alpha value is -3.02. The maximum atomic E-state index is 12.5. The molecule has 22 heavy (non-hydrogen) atoms. The summed E-state index contributed by atoms with van der Waals surface area (Å²) in [6, 6.07) is 8.69. The van der Waals surface area contributed by atoms with E-state index in [1.807, 2.05) is 0 Å². The van der Waals surface area contributed by atoms with Gasteiger partial charge in [0.05, 0.1) is 23.7 Å². The minimum Gasteiger partial charge on any atom is -0.467 e. The average Bonchev–Trinajstić information content (AvgIpc) is 3.01. The molecule has 0 saturated heterocycles. The van der Waals surface area contributed by atoms with E-state index in [0.717, 1.165) is 0 Å². The lowest BCUT2D eigenvalue weighted by Gasteiger charge is -2.10. The summed E-state index contributed by atoms with van der Waals surface area (Å²) in [5.74, 6) is 0.160. The molecule has 0 radical (unpaired) electrons. The summed E-state index contributed by atoms with van der Waals surface area (Å²) in [6.45, 7) is 0.220. The first-order chi connectivity index (χ1) is 10.6. The number of benzene rings is 1. The number of carbonyl (C=O) groups is 1. The van der Waals surface area contributed by atoms with Crippen molar-refractivity contribution in [2.45, 2.75) is 6.54 Å². The maximum Gasteiger partial charge on any atom is 0.257 e. The molecular weight excluding hydrogens is 282 g/mol. The molecule has 112 valence electrons. The third kappa shape index (κ3) is 2.35. The molecule has 0 unspecified atom stereocenters. The van der Waals surface area contributed by atoms with Gasteiger partial charge in [-0.25, -0.2) is 0 Å². The fourth-order valence-corrected chi connectivity index (χ4v) is 2.39. The van der Waals surface area contributed by atoms with Crippen molar-refractivity contribution in [1.29, 1.82) is 0 Å². The number of amides is 1. The van der Waals surface area contributed by atoms with E-state index in [4.69, 9.17) is 10.2 Å². The molecule has 0 aliphatic heterocycles. The second kappa shape index (κ2) is 5.40. The van der Waals surface area contributed by atoms with Crippen LogP contribution in [0.2, 0.25) is 0 Å². The second-order valence-electron chi connectivity index (χ2n) is 4.99. The highest BCUT2D eigenvalue weighted by Gasteiger charge is 2.16. The third-order valence-corrected chi connectivity index (χ3v) is 3.50. The van der Waals surface area contributed by atoms with Gasteiger partial charge in [-0.15, -0.1) is 0 Å². The Balaban J connectivity index is 2.00. The Morgan fingerprint density at radius 1 is 1.32 bits per heavy atom. The summed E-state index contributed by atoms with van der Waals surface area (Å²) < 4.78 is 6.86. The van der Waals surface area contributed by atoms with E-state index in [-0.39, 0.29) is 17.5 Å². The van der Waals surface area contributed by atoms with Crippen LogP contribution in [0.5, 0.6) is 0 Å². The number of hydrogen-bond donors (Lipinski definition) is 2. The summed E-state index contributed by atoms with van der Waals surface area (Å²) in [4.78, 5) is 24.8. The highest BCUT2D eigenvalue weighted by Crippen LogP contribution is 2.17. The van der Waals surface area contributed by atoms with E-state index in [0.29, 0.717) is 22.4 Å². The maximum absolute atomic E-state index is 12.5. The van der Waals surface area contributed by atoms with Gasteiger partial charge in [0.25, 0.3) is 5.91 Å². The zero-order chi connectivity index (χ0) is 15.7. The van der Waals surface area contributed by atoms with Crippen molar-refractivity contribution in [2.24, 2.45) is 7.05 Å². The number of anilines is 1. The fraction of sp³-hybridized carbons (Fsp3) is 0.125. The number of nitrogen functional groups attached to an aromatic ring is 1. The van der Waals surface area contributed by atoms with E-state index in [9.17, 15) is 9.59 Å². The molecule has 0 aliphatic rings. The lowest BCUT2D eigenvalue weighted by Crippen LogP contribution is -2.29. The van der Waals surface area contributed by atoms with Crippen molar-refractivity contribution in [2.75, 3.05) is 5.73 Å². The first kappa shape index (κ1) is 13.9. The molecule has 1 aromatic carbocycles. The number of pyridine rings is 1. The number of fused-ring (bicyclic) bond motifs is 1. The number of aryl methyl sites for hydroxylation is 1. The number of nitrogens with two attached hydrogens (primary N) is 1. The lowest BCUT2D eigenvalue weighted by molar-refractivity contribution is 0.0946. The van der Waals surface area contributed by atoms with Crippen LogP contribution in [0.15, 0.2) is 52.0 Å². The van der Waals surface area contributed by atoms with Crippen molar-refractivity contribution >= 4 is 22.5 Å². The largest absolute Gasteiger partial charge is 0.467 e. The van der Waals surface area contributed by atoms with Crippen LogP contribution in [0, 0.1) is 0 Å². The number of rotatable bonds is 3. The summed E-state index contributed by atoms with van der Waals surface area (Å²) >= 11 is 0. The number of furan rings is 1. The van der Waals surface area contributed by atoms with Crippen molar-refractivity contribution < 1.29 is 9.21 Å². The van der Waals surface area contributed by atoms with Crippen LogP contribution >= 0.6 is 0 Å². The van der Waals surface area contributed by atoms with Gasteiger partial charge in [0, 0.05) is 18.9 Å². The van der Waals surface area contributed by atoms with Crippen molar-refractivity contribution in [3.8, 4) is 0 Å². The van der Waals surface area contributed by atoms with Crippen LogP contribution in [-0.2, 0) is 13.6 Å². The van der Waals surface area contributed by atoms with Crippen LogP contribution < -0.4 is 16.5 Å². The molecule has 2 heterocycles. The van der Waals surface area contributed by atoms with Gasteiger partial charge in [0.2, 0.25) is 5.43 Å². The average molecular weight is 297 g/mol. The Kier molecular flexibility index (Phi) is 3.42. The zero-order valence-corrected chi connectivity index (χ0v) is 12.0. The SMILES string of the molecule is Cn1cc(C(=O)NCc2ccco2)c(=O)c2c(N)cccc21. The first-order valence-corrected chi connectivity index (χ1v) is 6.76. The Morgan fingerprint density at radius 2 is 2.14 bits per heavy atom. The molecule has 6 heteroatoms. The van der Waals surface area contributed by atoms with Gasteiger partial charge >= 0.3 is 0 Å². The van der Waals surface area contributed by atoms with Gasteiger partial charge < -0.3 is 20.0 Å². The molecule has 0 atom stereocenters. The van der Waals surface area contributed by atoms with Crippen LogP contribution in [0.1, 0.15) is 16.1 Å². The summed E-state index contributed by atoms with van der Waals surface area (Å²) in [7, 11) is 1.77. The molecule has 0 spiro atoms. The highest BCUT2D eigenvalue weighted by atomic mass is 16.3.